The third-order valence-corrected chi connectivity index (χ3v) is 5.75. The van der Waals surface area contributed by atoms with Crippen LogP contribution < -0.4 is 10.6 Å². The van der Waals surface area contributed by atoms with Crippen LogP contribution in [-0.4, -0.2) is 75.1 Å². The zero-order valence-electron chi connectivity index (χ0n) is 16.9. The molecule has 0 radical (unpaired) electrons. The molecule has 2 saturated heterocycles. The number of likely N-dealkylation sites (tertiary alicyclic amines) is 1. The van der Waals surface area contributed by atoms with Crippen LogP contribution in [0.3, 0.4) is 0 Å². The lowest BCUT2D eigenvalue weighted by molar-refractivity contribution is -0.189. The normalized spacial score (nSPS) is 27.5. The van der Waals surface area contributed by atoms with Gasteiger partial charge >= 0.3 is 0 Å². The van der Waals surface area contributed by atoms with Gasteiger partial charge in [0.1, 0.15) is 0 Å². The smallest absolute Gasteiger partial charge is 0.239 e. The molecule has 0 aliphatic carbocycles. The van der Waals surface area contributed by atoms with Gasteiger partial charge in [0, 0.05) is 51.8 Å². The van der Waals surface area contributed by atoms with Crippen molar-refractivity contribution in [3.63, 3.8) is 0 Å². The van der Waals surface area contributed by atoms with E-state index in [9.17, 15) is 14.7 Å². The highest BCUT2D eigenvalue weighted by Gasteiger charge is 2.49. The molecule has 2 aliphatic rings. The lowest BCUT2D eigenvalue weighted by atomic mass is 9.75. The van der Waals surface area contributed by atoms with E-state index in [1.807, 2.05) is 24.1 Å². The largest absolute Gasteiger partial charge is 0.388 e. The monoisotopic (exact) mass is 393 g/mol. The summed E-state index contributed by atoms with van der Waals surface area (Å²) in [6.45, 7) is 5.93. The van der Waals surface area contributed by atoms with Crippen molar-refractivity contribution in [3.8, 4) is 0 Å². The van der Waals surface area contributed by atoms with E-state index in [0.29, 0.717) is 6.42 Å². The number of carbonyl (C=O) groups excluding carboxylic acids is 2. The summed E-state index contributed by atoms with van der Waals surface area (Å²) in [5.41, 5.74) is -0.222. The molecule has 3 N–H and O–H groups in total. The van der Waals surface area contributed by atoms with E-state index in [1.54, 1.807) is 6.92 Å². The number of carbonyl (C=O) groups is 2. The van der Waals surface area contributed by atoms with Crippen molar-refractivity contribution in [2.45, 2.75) is 56.9 Å². The Bertz CT molecular complexity index is 709. The van der Waals surface area contributed by atoms with E-state index in [-0.39, 0.29) is 30.6 Å². The molecule has 3 heterocycles. The molecule has 0 bridgehead atoms. The van der Waals surface area contributed by atoms with Crippen LogP contribution in [0.25, 0.3) is 0 Å². The van der Waals surface area contributed by atoms with Crippen molar-refractivity contribution in [2.75, 3.05) is 26.2 Å². The van der Waals surface area contributed by atoms with E-state index < -0.39 is 11.6 Å². The van der Waals surface area contributed by atoms with Crippen LogP contribution in [0.4, 0.5) is 0 Å². The minimum atomic E-state index is -1.06. The highest BCUT2D eigenvalue weighted by molar-refractivity contribution is 5.83. The van der Waals surface area contributed by atoms with Crippen LogP contribution in [0.5, 0.6) is 0 Å². The highest BCUT2D eigenvalue weighted by atomic mass is 16.5. The second-order valence-electron chi connectivity index (χ2n) is 8.36. The Hall–Kier alpha value is -1.97. The maximum atomic E-state index is 12.0. The zero-order valence-corrected chi connectivity index (χ0v) is 16.9. The zero-order chi connectivity index (χ0) is 20.4. The molecule has 0 aromatic carbocycles. The number of amides is 2. The van der Waals surface area contributed by atoms with Crippen LogP contribution in [0.2, 0.25) is 0 Å². The summed E-state index contributed by atoms with van der Waals surface area (Å²) in [4.78, 5) is 25.3. The minimum absolute atomic E-state index is 0.101. The molecule has 28 heavy (non-hydrogen) atoms. The van der Waals surface area contributed by atoms with E-state index in [0.717, 1.165) is 32.5 Å². The van der Waals surface area contributed by atoms with Gasteiger partial charge in [-0.1, -0.05) is 0 Å². The maximum absolute atomic E-state index is 12.0. The van der Waals surface area contributed by atoms with Gasteiger partial charge in [0.15, 0.2) is 0 Å². The number of ether oxygens (including phenoxy) is 1. The summed E-state index contributed by atoms with van der Waals surface area (Å²) in [6, 6.07) is -0.493. The number of rotatable bonds is 5. The second kappa shape index (κ2) is 8.18. The quantitative estimate of drug-likeness (QED) is 0.625. The van der Waals surface area contributed by atoms with Gasteiger partial charge in [0.25, 0.3) is 0 Å². The molecule has 2 amide bonds. The second-order valence-corrected chi connectivity index (χ2v) is 8.36. The Balaban J connectivity index is 1.51. The van der Waals surface area contributed by atoms with Gasteiger partial charge in [-0.2, -0.15) is 5.10 Å². The average molecular weight is 393 g/mol. The fourth-order valence-electron chi connectivity index (χ4n) is 4.16. The molecule has 9 heteroatoms. The summed E-state index contributed by atoms with van der Waals surface area (Å²) in [7, 11) is 1.91. The molecule has 3 rings (SSSR count). The highest BCUT2D eigenvalue weighted by Crippen LogP contribution is 2.39. The number of nitrogens with zero attached hydrogens (tertiary/aromatic N) is 3. The van der Waals surface area contributed by atoms with Crippen LogP contribution >= 0.6 is 0 Å². The summed E-state index contributed by atoms with van der Waals surface area (Å²) >= 11 is 0. The molecule has 2 atom stereocenters. The Morgan fingerprint density at radius 2 is 2.11 bits per heavy atom. The molecule has 2 fully saturated rings. The molecule has 0 unspecified atom stereocenters. The topological polar surface area (TPSA) is 109 Å². The third-order valence-electron chi connectivity index (χ3n) is 5.75. The summed E-state index contributed by atoms with van der Waals surface area (Å²) in [5.74, 6) is -0.592. The van der Waals surface area contributed by atoms with Crippen molar-refractivity contribution in [2.24, 2.45) is 7.05 Å². The van der Waals surface area contributed by atoms with Gasteiger partial charge < -0.3 is 20.5 Å². The Labute approximate surface area is 165 Å². The van der Waals surface area contributed by atoms with Gasteiger partial charge in [-0.05, 0) is 19.8 Å². The van der Waals surface area contributed by atoms with Crippen molar-refractivity contribution < 1.29 is 19.4 Å². The van der Waals surface area contributed by atoms with Crippen LogP contribution in [-0.2, 0) is 27.9 Å². The number of piperidine rings is 1. The number of aromatic nitrogens is 2. The number of hydrogen-bond acceptors (Lipinski definition) is 6. The number of aliphatic hydroxyl groups is 1. The molecule has 0 saturated carbocycles. The Kier molecular flexibility index (Phi) is 6.07. The fraction of sp³-hybridized carbons (Fsp3) is 0.737. The third kappa shape index (κ3) is 5.09. The van der Waals surface area contributed by atoms with Crippen LogP contribution in [0.15, 0.2) is 12.4 Å². The van der Waals surface area contributed by atoms with E-state index >= 15 is 0 Å². The molecule has 2 aliphatic heterocycles. The van der Waals surface area contributed by atoms with Crippen molar-refractivity contribution in [3.05, 3.63) is 18.0 Å². The van der Waals surface area contributed by atoms with Crippen LogP contribution in [0.1, 0.15) is 38.7 Å². The SMILES string of the molecule is CC(=O)NCC(=O)N[C@H]1COC2(CCN(Cc3cnn(C)c3)CC2)C[C@]1(C)O. The molecule has 9 nitrogen and oxygen atoms in total. The molecular weight excluding hydrogens is 362 g/mol. The van der Waals surface area contributed by atoms with Crippen molar-refractivity contribution in [1.29, 1.82) is 0 Å². The predicted octanol–water partition coefficient (Wildman–Crippen LogP) is -0.453. The number of aryl methyl sites for hydroxylation is 1. The first-order valence-corrected chi connectivity index (χ1v) is 9.77. The predicted molar refractivity (Wildman–Crippen MR) is 102 cm³/mol. The van der Waals surface area contributed by atoms with Crippen molar-refractivity contribution in [1.82, 2.24) is 25.3 Å². The fourth-order valence-corrected chi connectivity index (χ4v) is 4.16. The molecule has 1 aromatic heterocycles. The molecular formula is C19H31N5O4. The summed E-state index contributed by atoms with van der Waals surface area (Å²) in [6.07, 6.45) is 6.08. The van der Waals surface area contributed by atoms with Crippen LogP contribution in [0, 0.1) is 0 Å². The number of nitrogens with one attached hydrogen (secondary N) is 2. The molecule has 1 aromatic rings. The minimum Gasteiger partial charge on any atom is -0.388 e. The average Bonchev–Trinajstić information content (AvgIpc) is 3.02. The summed E-state index contributed by atoms with van der Waals surface area (Å²) in [5, 5.41) is 20.4. The van der Waals surface area contributed by atoms with Gasteiger partial charge in [-0.15, -0.1) is 0 Å². The first-order valence-electron chi connectivity index (χ1n) is 9.77. The van der Waals surface area contributed by atoms with E-state index in [4.69, 9.17) is 4.74 Å². The summed E-state index contributed by atoms with van der Waals surface area (Å²) < 4.78 is 7.99. The van der Waals surface area contributed by atoms with Gasteiger partial charge in [0.2, 0.25) is 11.8 Å². The molecule has 1 spiro atoms. The lowest BCUT2D eigenvalue weighted by Gasteiger charge is -2.51. The van der Waals surface area contributed by atoms with Gasteiger partial charge in [0.05, 0.1) is 36.6 Å². The number of hydrogen-bond donors (Lipinski definition) is 3. The first kappa shape index (κ1) is 20.8. The maximum Gasteiger partial charge on any atom is 0.239 e. The standard InChI is InChI=1S/C19H31N5O4/c1-14(25)20-9-17(26)22-16-12-28-19(13-18(16,2)27)4-6-24(7-5-19)11-15-8-21-23(3)10-15/h8,10,16,27H,4-7,9,11-13H2,1-3H3,(H,20,25)(H,22,26)/t16-,18-/m0/s1. The lowest BCUT2D eigenvalue weighted by Crippen LogP contribution is -2.64. The Morgan fingerprint density at radius 1 is 1.39 bits per heavy atom. The van der Waals surface area contributed by atoms with E-state index in [2.05, 4.69) is 20.6 Å². The van der Waals surface area contributed by atoms with Gasteiger partial charge in [-0.25, -0.2) is 0 Å². The van der Waals surface area contributed by atoms with Gasteiger partial charge in [-0.3, -0.25) is 19.2 Å². The van der Waals surface area contributed by atoms with Crippen molar-refractivity contribution >= 4 is 11.8 Å². The first-order chi connectivity index (χ1) is 13.2. The Morgan fingerprint density at radius 3 is 2.68 bits per heavy atom. The molecule has 156 valence electrons. The van der Waals surface area contributed by atoms with E-state index in [1.165, 1.54) is 12.5 Å².